The van der Waals surface area contributed by atoms with Crippen molar-refractivity contribution < 1.29 is 17.9 Å². The molecule has 0 aromatic heterocycles. The summed E-state index contributed by atoms with van der Waals surface area (Å²) in [4.78, 5) is 0. The second-order valence-electron chi connectivity index (χ2n) is 4.28. The Labute approximate surface area is 103 Å². The highest BCUT2D eigenvalue weighted by atomic mass is 32.2. The Morgan fingerprint density at radius 2 is 2.18 bits per heavy atom. The Hall–Kier alpha value is -0.210. The number of hydrogen-bond acceptors (Lipinski definition) is 5. The lowest BCUT2D eigenvalue weighted by Crippen LogP contribution is -2.51. The molecule has 1 aliphatic heterocycles. The van der Waals surface area contributed by atoms with E-state index < -0.39 is 10.0 Å². The quantitative estimate of drug-likeness (QED) is 0.649. The zero-order valence-corrected chi connectivity index (χ0v) is 11.3. The van der Waals surface area contributed by atoms with E-state index >= 15 is 0 Å². The molecular formula is C10H22N2O4S. The van der Waals surface area contributed by atoms with Crippen LogP contribution in [0.2, 0.25) is 0 Å². The van der Waals surface area contributed by atoms with E-state index in [2.05, 4.69) is 0 Å². The van der Waals surface area contributed by atoms with Crippen molar-refractivity contribution in [3.05, 3.63) is 0 Å². The van der Waals surface area contributed by atoms with Crippen LogP contribution >= 0.6 is 0 Å². The topological polar surface area (TPSA) is 81.9 Å². The molecule has 102 valence electrons. The predicted molar refractivity (Wildman–Crippen MR) is 65.2 cm³/mol. The molecule has 0 aromatic carbocycles. The summed E-state index contributed by atoms with van der Waals surface area (Å²) < 4.78 is 36.0. The minimum absolute atomic E-state index is 0.102. The molecule has 7 heteroatoms. The van der Waals surface area contributed by atoms with Crippen LogP contribution in [0.15, 0.2) is 0 Å². The Bertz CT molecular complexity index is 320. The smallest absolute Gasteiger partial charge is 0.214 e. The molecule has 1 heterocycles. The molecule has 2 atom stereocenters. The van der Waals surface area contributed by atoms with Gasteiger partial charge in [0.2, 0.25) is 10.0 Å². The van der Waals surface area contributed by atoms with Gasteiger partial charge in [0.05, 0.1) is 18.0 Å². The largest absolute Gasteiger partial charge is 0.385 e. The van der Waals surface area contributed by atoms with Crippen molar-refractivity contribution in [3.8, 4) is 0 Å². The molecule has 1 aliphatic rings. The van der Waals surface area contributed by atoms with Gasteiger partial charge in [-0.2, -0.15) is 4.31 Å². The third-order valence-electron chi connectivity index (χ3n) is 2.70. The molecule has 1 rings (SSSR count). The van der Waals surface area contributed by atoms with E-state index in [9.17, 15) is 8.42 Å². The van der Waals surface area contributed by atoms with E-state index in [-0.39, 0.29) is 18.0 Å². The normalized spacial score (nSPS) is 27.2. The van der Waals surface area contributed by atoms with Crippen molar-refractivity contribution in [1.29, 1.82) is 0 Å². The first-order valence-electron chi connectivity index (χ1n) is 5.82. The Balaban J connectivity index is 2.57. The monoisotopic (exact) mass is 266 g/mol. The van der Waals surface area contributed by atoms with E-state index in [0.717, 1.165) is 0 Å². The van der Waals surface area contributed by atoms with Gasteiger partial charge in [0.15, 0.2) is 0 Å². The van der Waals surface area contributed by atoms with Crippen molar-refractivity contribution in [2.24, 2.45) is 5.73 Å². The van der Waals surface area contributed by atoms with E-state index in [1.54, 1.807) is 7.11 Å². The first-order valence-corrected chi connectivity index (χ1v) is 7.42. The fourth-order valence-electron chi connectivity index (χ4n) is 1.88. The van der Waals surface area contributed by atoms with E-state index in [1.165, 1.54) is 4.31 Å². The molecule has 0 aromatic rings. The molecule has 1 fully saturated rings. The Morgan fingerprint density at radius 3 is 2.76 bits per heavy atom. The number of ether oxygens (including phenoxy) is 2. The van der Waals surface area contributed by atoms with Crippen LogP contribution < -0.4 is 5.73 Å². The van der Waals surface area contributed by atoms with Crippen LogP contribution in [0, 0.1) is 0 Å². The van der Waals surface area contributed by atoms with Crippen LogP contribution in [0.5, 0.6) is 0 Å². The highest BCUT2D eigenvalue weighted by molar-refractivity contribution is 7.89. The summed E-state index contributed by atoms with van der Waals surface area (Å²) >= 11 is 0. The molecule has 6 nitrogen and oxygen atoms in total. The maximum absolute atomic E-state index is 12.0. The fraction of sp³-hybridized carbons (Fsp3) is 1.00. The minimum Gasteiger partial charge on any atom is -0.385 e. The van der Waals surface area contributed by atoms with Crippen LogP contribution in [-0.2, 0) is 19.5 Å². The molecule has 0 aliphatic carbocycles. The molecule has 17 heavy (non-hydrogen) atoms. The van der Waals surface area contributed by atoms with Crippen LogP contribution in [-0.4, -0.2) is 64.0 Å². The number of methoxy groups -OCH3 is 1. The maximum Gasteiger partial charge on any atom is 0.214 e. The fourth-order valence-corrected chi connectivity index (χ4v) is 3.45. The van der Waals surface area contributed by atoms with Crippen molar-refractivity contribution in [2.75, 3.05) is 39.1 Å². The minimum atomic E-state index is -3.21. The van der Waals surface area contributed by atoms with Gasteiger partial charge in [-0.05, 0) is 13.3 Å². The van der Waals surface area contributed by atoms with Crippen molar-refractivity contribution in [1.82, 2.24) is 4.31 Å². The molecule has 0 spiro atoms. The predicted octanol–water partition coefficient (Wildman–Crippen LogP) is -0.599. The van der Waals surface area contributed by atoms with Gasteiger partial charge < -0.3 is 15.2 Å². The van der Waals surface area contributed by atoms with Crippen LogP contribution in [0.3, 0.4) is 0 Å². The highest BCUT2D eigenvalue weighted by Crippen LogP contribution is 2.15. The average Bonchev–Trinajstić information content (AvgIpc) is 2.28. The summed E-state index contributed by atoms with van der Waals surface area (Å²) in [5.74, 6) is 0.116. The van der Waals surface area contributed by atoms with Crippen molar-refractivity contribution in [3.63, 3.8) is 0 Å². The van der Waals surface area contributed by atoms with Gasteiger partial charge in [-0.15, -0.1) is 0 Å². The van der Waals surface area contributed by atoms with Gasteiger partial charge in [0, 0.05) is 33.4 Å². The molecule has 2 N–H and O–H groups in total. The van der Waals surface area contributed by atoms with Gasteiger partial charge in [0.1, 0.15) is 0 Å². The molecule has 2 unspecified atom stereocenters. The summed E-state index contributed by atoms with van der Waals surface area (Å²) in [6, 6.07) is 0. The third-order valence-corrected chi connectivity index (χ3v) is 4.59. The number of nitrogens with zero attached hydrogens (tertiary/aromatic N) is 1. The second kappa shape index (κ2) is 6.65. The van der Waals surface area contributed by atoms with Gasteiger partial charge >= 0.3 is 0 Å². The maximum atomic E-state index is 12.0. The lowest BCUT2D eigenvalue weighted by Gasteiger charge is -2.35. The summed E-state index contributed by atoms with van der Waals surface area (Å²) in [7, 11) is -1.65. The number of nitrogens with two attached hydrogens (primary N) is 1. The van der Waals surface area contributed by atoms with Crippen molar-refractivity contribution >= 4 is 10.0 Å². The van der Waals surface area contributed by atoms with Crippen LogP contribution in [0.25, 0.3) is 0 Å². The number of morpholine rings is 1. The summed E-state index contributed by atoms with van der Waals surface area (Å²) in [6.45, 7) is 3.43. The second-order valence-corrected chi connectivity index (χ2v) is 6.37. The summed E-state index contributed by atoms with van der Waals surface area (Å²) in [6.07, 6.45) is 0.211. The number of hydrogen-bond donors (Lipinski definition) is 1. The lowest BCUT2D eigenvalue weighted by atomic mass is 10.2. The van der Waals surface area contributed by atoms with E-state index in [0.29, 0.717) is 32.7 Å². The zero-order valence-electron chi connectivity index (χ0n) is 10.5. The number of rotatable bonds is 6. The Kier molecular flexibility index (Phi) is 5.81. The molecule has 1 saturated heterocycles. The van der Waals surface area contributed by atoms with E-state index in [1.807, 2.05) is 6.92 Å². The van der Waals surface area contributed by atoms with Crippen LogP contribution in [0.1, 0.15) is 13.3 Å². The van der Waals surface area contributed by atoms with Crippen molar-refractivity contribution in [2.45, 2.75) is 25.6 Å². The molecule has 0 amide bonds. The summed E-state index contributed by atoms with van der Waals surface area (Å²) in [5, 5.41) is 0. The average molecular weight is 266 g/mol. The lowest BCUT2D eigenvalue weighted by molar-refractivity contribution is -0.0486. The molecular weight excluding hydrogens is 244 g/mol. The SMILES string of the molecule is COCCCS(=O)(=O)N1CC(C)OC(CN)C1. The third kappa shape index (κ3) is 4.51. The van der Waals surface area contributed by atoms with Gasteiger partial charge in [-0.3, -0.25) is 0 Å². The molecule has 0 saturated carbocycles. The summed E-state index contributed by atoms with van der Waals surface area (Å²) in [5.41, 5.74) is 5.53. The van der Waals surface area contributed by atoms with E-state index in [4.69, 9.17) is 15.2 Å². The first-order chi connectivity index (χ1) is 7.99. The van der Waals surface area contributed by atoms with Gasteiger partial charge in [-0.1, -0.05) is 0 Å². The highest BCUT2D eigenvalue weighted by Gasteiger charge is 2.31. The zero-order chi connectivity index (χ0) is 12.9. The van der Waals surface area contributed by atoms with Crippen LogP contribution in [0.4, 0.5) is 0 Å². The Morgan fingerprint density at radius 1 is 1.47 bits per heavy atom. The number of sulfonamides is 1. The van der Waals surface area contributed by atoms with Gasteiger partial charge in [-0.25, -0.2) is 8.42 Å². The first kappa shape index (κ1) is 14.8. The molecule has 0 bridgehead atoms. The molecule has 0 radical (unpaired) electrons. The standard InChI is InChI=1S/C10H22N2O4S/c1-9-7-12(8-10(6-11)16-9)17(13,14)5-3-4-15-2/h9-10H,3-8,11H2,1-2H3. The van der Waals surface area contributed by atoms with Gasteiger partial charge in [0.25, 0.3) is 0 Å².